The van der Waals surface area contributed by atoms with E-state index in [1.807, 2.05) is 48.5 Å². The van der Waals surface area contributed by atoms with Gasteiger partial charge >= 0.3 is 0 Å². The number of unbranched alkanes of at least 4 members (excludes halogenated alkanes) is 9. The lowest BCUT2D eigenvalue weighted by Gasteiger charge is -2.07. The molecule has 0 aliphatic heterocycles. The second-order valence-corrected chi connectivity index (χ2v) is 12.7. The highest BCUT2D eigenvalue weighted by Gasteiger charge is 2.08. The molecule has 13 heteroatoms. The number of benzene rings is 4. The van der Waals surface area contributed by atoms with Crippen LogP contribution < -0.4 is 31.5 Å². The fourth-order valence-corrected chi connectivity index (χ4v) is 5.45. The number of hydrazone groups is 2. The predicted octanol–water partition coefficient (Wildman–Crippen LogP) is 6.79. The molecule has 0 aromatic heterocycles. The van der Waals surface area contributed by atoms with E-state index in [0.717, 1.165) is 48.3 Å². The maximum absolute atomic E-state index is 12.3. The van der Waals surface area contributed by atoms with E-state index >= 15 is 0 Å². The smallest absolute Gasteiger partial charge is 0.274 e. The van der Waals surface area contributed by atoms with Crippen LogP contribution in [0.1, 0.15) is 117 Å². The van der Waals surface area contributed by atoms with Crippen molar-refractivity contribution in [3.63, 3.8) is 0 Å². The average molecular weight is 749 g/mol. The summed E-state index contributed by atoms with van der Waals surface area (Å²) < 4.78 is 11.8. The average Bonchev–Trinajstić information content (AvgIpc) is 3.21. The molecule has 4 rings (SSSR count). The van der Waals surface area contributed by atoms with Gasteiger partial charge in [-0.1, -0.05) is 75.6 Å². The first-order valence-corrected chi connectivity index (χ1v) is 18.4. The highest BCUT2D eigenvalue weighted by Crippen LogP contribution is 2.16. The zero-order chi connectivity index (χ0) is 39.1. The van der Waals surface area contributed by atoms with Gasteiger partial charge in [-0.05, 0) is 96.8 Å². The molecular weight excluding hydrogens is 700 g/mol. The molecule has 0 aliphatic rings. The lowest BCUT2D eigenvalue weighted by molar-refractivity contribution is 0.0705. The number of amides is 4. The van der Waals surface area contributed by atoms with Gasteiger partial charge < -0.3 is 15.2 Å². The Bertz CT molecular complexity index is 1900. The van der Waals surface area contributed by atoms with Crippen molar-refractivity contribution in [1.82, 2.24) is 16.3 Å². The minimum absolute atomic E-state index is 0.230. The summed E-state index contributed by atoms with van der Waals surface area (Å²) in [4.78, 5) is 47.2. The van der Waals surface area contributed by atoms with Gasteiger partial charge in [-0.2, -0.15) is 10.2 Å². The first kappa shape index (κ1) is 41.4. The van der Waals surface area contributed by atoms with E-state index in [1.165, 1.54) is 93.3 Å². The Morgan fingerprint density at radius 3 is 1.27 bits per heavy atom. The lowest BCUT2D eigenvalue weighted by atomic mass is 10.1. The van der Waals surface area contributed by atoms with Gasteiger partial charge in [0.2, 0.25) is 5.91 Å². The molecule has 288 valence electrons. The Morgan fingerprint density at radius 1 is 0.527 bits per heavy atom. The predicted molar refractivity (Wildman–Crippen MR) is 211 cm³/mol. The molecule has 0 aliphatic carbocycles. The summed E-state index contributed by atoms with van der Waals surface area (Å²) in [5, 5.41) is 16.7. The summed E-state index contributed by atoms with van der Waals surface area (Å²) in [5.74, 6) is -0.526. The summed E-state index contributed by atoms with van der Waals surface area (Å²) in [7, 11) is 0. The molecule has 6 N–H and O–H groups in total. The third-order valence-electron chi connectivity index (χ3n) is 8.49. The molecule has 0 saturated heterocycles. The van der Waals surface area contributed by atoms with Crippen LogP contribution in [-0.2, 0) is 0 Å². The molecule has 0 saturated carbocycles. The molecule has 4 aromatic carbocycles. The van der Waals surface area contributed by atoms with E-state index < -0.39 is 23.6 Å². The summed E-state index contributed by atoms with van der Waals surface area (Å²) in [6, 6.07) is 26.9. The van der Waals surface area contributed by atoms with Gasteiger partial charge in [0.1, 0.15) is 11.5 Å². The van der Waals surface area contributed by atoms with Crippen molar-refractivity contribution >= 4 is 36.1 Å². The minimum Gasteiger partial charge on any atom is -0.494 e. The third-order valence-corrected chi connectivity index (χ3v) is 8.49. The molecule has 0 unspecified atom stereocenters. The van der Waals surface area contributed by atoms with Crippen molar-refractivity contribution in [3.8, 4) is 11.5 Å². The Labute approximate surface area is 321 Å². The van der Waals surface area contributed by atoms with E-state index in [4.69, 9.17) is 20.4 Å². The number of hydroxylamine groups is 1. The molecule has 4 amide bonds. The van der Waals surface area contributed by atoms with Crippen LogP contribution in [0, 0.1) is 0 Å². The molecule has 0 heterocycles. The summed E-state index contributed by atoms with van der Waals surface area (Å²) in [6.45, 7) is 1.28. The molecule has 0 spiro atoms. The number of nitrogens with one attached hydrogen (secondary N) is 3. The van der Waals surface area contributed by atoms with Crippen LogP contribution in [-0.4, -0.2) is 54.5 Å². The Hall–Kier alpha value is -6.34. The largest absolute Gasteiger partial charge is 0.494 e. The number of carbonyl (C=O) groups excluding carboxylic acids is 4. The summed E-state index contributed by atoms with van der Waals surface area (Å²) in [5.41, 5.74) is 14.6. The summed E-state index contributed by atoms with van der Waals surface area (Å²) >= 11 is 0. The van der Waals surface area contributed by atoms with Crippen molar-refractivity contribution < 1.29 is 33.9 Å². The topological polar surface area (TPSA) is 194 Å². The number of primary amides is 1. The first-order valence-electron chi connectivity index (χ1n) is 18.4. The van der Waals surface area contributed by atoms with E-state index in [-0.39, 0.29) is 5.56 Å². The van der Waals surface area contributed by atoms with Crippen molar-refractivity contribution in [2.24, 2.45) is 15.9 Å². The Kier molecular flexibility index (Phi) is 17.6. The zero-order valence-corrected chi connectivity index (χ0v) is 30.7. The standard InChI is InChI=1S/C42H48N6O7/c43-39(49)33-17-19-34(20-18-33)40(50)46-44-29-31-13-11-15-37(27-31)54-25-9-7-5-3-1-2-4-6-8-10-26-55-38-16-12-14-32(28-38)30-45-47-41(51)35-21-23-36(24-22-35)42(52)48-53/h11-24,27-30,53H,1-10,25-26H2,(H2,43,49)(H,46,50)(H,47,51)(H,48,52). The quantitative estimate of drug-likeness (QED) is 0.0238. The SMILES string of the molecule is NC(=O)c1ccc(C(=O)NN=Cc2cccc(OCCCCCCCCCCCCOc3cccc(C=NNC(=O)c4ccc(C(=O)NO)cc4)c3)c2)cc1. The maximum atomic E-state index is 12.3. The van der Waals surface area contributed by atoms with Crippen molar-refractivity contribution in [2.45, 2.75) is 64.2 Å². The van der Waals surface area contributed by atoms with Gasteiger partial charge in [-0.3, -0.25) is 24.4 Å². The van der Waals surface area contributed by atoms with Crippen LogP contribution in [0.15, 0.2) is 107 Å². The number of ether oxygens (including phenoxy) is 2. The number of hydrogen-bond acceptors (Lipinski definition) is 9. The van der Waals surface area contributed by atoms with E-state index in [1.54, 1.807) is 11.7 Å². The lowest BCUT2D eigenvalue weighted by Crippen LogP contribution is -2.20. The number of rotatable bonds is 23. The van der Waals surface area contributed by atoms with Gasteiger partial charge in [0.05, 0.1) is 25.6 Å². The van der Waals surface area contributed by atoms with Crippen LogP contribution in [0.5, 0.6) is 11.5 Å². The highest BCUT2D eigenvalue weighted by molar-refractivity contribution is 5.98. The van der Waals surface area contributed by atoms with Crippen LogP contribution in [0.2, 0.25) is 0 Å². The molecule has 13 nitrogen and oxygen atoms in total. The second kappa shape index (κ2) is 23.4. The van der Waals surface area contributed by atoms with Gasteiger partial charge in [0, 0.05) is 22.3 Å². The molecule has 0 fully saturated rings. The maximum Gasteiger partial charge on any atom is 0.274 e. The highest BCUT2D eigenvalue weighted by atomic mass is 16.5. The minimum atomic E-state index is -0.655. The zero-order valence-electron chi connectivity index (χ0n) is 30.7. The summed E-state index contributed by atoms with van der Waals surface area (Å²) in [6.07, 6.45) is 14.6. The van der Waals surface area contributed by atoms with Crippen molar-refractivity contribution in [2.75, 3.05) is 13.2 Å². The third kappa shape index (κ3) is 15.3. The van der Waals surface area contributed by atoms with Crippen LogP contribution in [0.4, 0.5) is 0 Å². The van der Waals surface area contributed by atoms with E-state index in [9.17, 15) is 19.2 Å². The van der Waals surface area contributed by atoms with Gasteiger partial charge in [0.25, 0.3) is 17.7 Å². The molecular formula is C42H48N6O7. The monoisotopic (exact) mass is 748 g/mol. The number of carbonyl (C=O) groups is 4. The number of hydrogen-bond donors (Lipinski definition) is 5. The van der Waals surface area contributed by atoms with Crippen LogP contribution in [0.25, 0.3) is 0 Å². The molecule has 55 heavy (non-hydrogen) atoms. The normalized spacial score (nSPS) is 11.0. The van der Waals surface area contributed by atoms with E-state index in [2.05, 4.69) is 21.1 Å². The number of nitrogens with zero attached hydrogens (tertiary/aromatic N) is 2. The van der Waals surface area contributed by atoms with Gasteiger partial charge in [-0.15, -0.1) is 0 Å². The van der Waals surface area contributed by atoms with Crippen LogP contribution in [0.3, 0.4) is 0 Å². The fraction of sp³-hybridized carbons (Fsp3) is 0.286. The first-order chi connectivity index (χ1) is 26.8. The molecule has 0 bridgehead atoms. The Balaban J connectivity index is 0.976. The van der Waals surface area contributed by atoms with Gasteiger partial charge in [-0.25, -0.2) is 16.3 Å². The van der Waals surface area contributed by atoms with Crippen molar-refractivity contribution in [1.29, 1.82) is 0 Å². The van der Waals surface area contributed by atoms with Gasteiger partial charge in [0.15, 0.2) is 0 Å². The van der Waals surface area contributed by atoms with Crippen LogP contribution >= 0.6 is 0 Å². The molecule has 4 aromatic rings. The van der Waals surface area contributed by atoms with E-state index in [0.29, 0.717) is 29.9 Å². The molecule has 0 atom stereocenters. The fourth-order valence-electron chi connectivity index (χ4n) is 5.45. The Morgan fingerprint density at radius 2 is 0.891 bits per heavy atom. The molecule has 0 radical (unpaired) electrons. The van der Waals surface area contributed by atoms with Crippen molar-refractivity contribution in [3.05, 3.63) is 130 Å². The second-order valence-electron chi connectivity index (χ2n) is 12.7. The number of nitrogens with two attached hydrogens (primary N) is 1.